The van der Waals surface area contributed by atoms with Gasteiger partial charge in [0.25, 0.3) is 0 Å². The average Bonchev–Trinajstić information content (AvgIpc) is 3.09. The molecule has 1 heterocycles. The van der Waals surface area contributed by atoms with Gasteiger partial charge in [-0.05, 0) is 55.4 Å². The van der Waals surface area contributed by atoms with Crippen LogP contribution >= 0.6 is 0 Å². The van der Waals surface area contributed by atoms with E-state index in [-0.39, 0.29) is 6.03 Å². The Morgan fingerprint density at radius 2 is 2.26 bits per heavy atom. The van der Waals surface area contributed by atoms with Crippen molar-refractivity contribution in [1.82, 2.24) is 15.1 Å². The second kappa shape index (κ2) is 5.72. The van der Waals surface area contributed by atoms with Crippen molar-refractivity contribution in [2.45, 2.75) is 44.6 Å². The maximum Gasteiger partial charge on any atom is 0.321 e. The number of aromatic nitrogens is 2. The molecule has 0 saturated heterocycles. The summed E-state index contributed by atoms with van der Waals surface area (Å²) < 4.78 is 0. The Kier molecular flexibility index (Phi) is 3.56. The van der Waals surface area contributed by atoms with Gasteiger partial charge in [0.1, 0.15) is 0 Å². The van der Waals surface area contributed by atoms with Crippen LogP contribution in [-0.4, -0.2) is 28.2 Å². The lowest BCUT2D eigenvalue weighted by Crippen LogP contribution is -2.31. The highest BCUT2D eigenvalue weighted by Gasteiger charge is 2.26. The SMILES string of the molecule is CN(Cc1cc(C2CC2)n[nH]1)C(=O)Nc1cccc2c1CCC2. The second-order valence-corrected chi connectivity index (χ2v) is 6.68. The highest BCUT2D eigenvalue weighted by molar-refractivity contribution is 5.90. The van der Waals surface area contributed by atoms with Gasteiger partial charge in [-0.1, -0.05) is 12.1 Å². The van der Waals surface area contributed by atoms with Crippen LogP contribution in [0.4, 0.5) is 10.5 Å². The first-order valence-corrected chi connectivity index (χ1v) is 8.38. The van der Waals surface area contributed by atoms with E-state index in [0.717, 1.165) is 29.9 Å². The Morgan fingerprint density at radius 1 is 1.39 bits per heavy atom. The molecule has 5 nitrogen and oxygen atoms in total. The third-order valence-electron chi connectivity index (χ3n) is 4.79. The van der Waals surface area contributed by atoms with Crippen LogP contribution < -0.4 is 5.32 Å². The van der Waals surface area contributed by atoms with Crippen molar-refractivity contribution in [2.75, 3.05) is 12.4 Å². The second-order valence-electron chi connectivity index (χ2n) is 6.68. The fourth-order valence-electron chi connectivity index (χ4n) is 3.32. The van der Waals surface area contributed by atoms with Crippen LogP contribution in [0.5, 0.6) is 0 Å². The number of aryl methyl sites for hydroxylation is 1. The number of hydrogen-bond acceptors (Lipinski definition) is 2. The van der Waals surface area contributed by atoms with Crippen molar-refractivity contribution >= 4 is 11.7 Å². The van der Waals surface area contributed by atoms with Gasteiger partial charge in [0, 0.05) is 18.7 Å². The van der Waals surface area contributed by atoms with E-state index in [1.165, 1.54) is 30.4 Å². The minimum absolute atomic E-state index is 0.0760. The summed E-state index contributed by atoms with van der Waals surface area (Å²) in [5, 5.41) is 10.4. The van der Waals surface area contributed by atoms with Crippen LogP contribution in [0.2, 0.25) is 0 Å². The van der Waals surface area contributed by atoms with Crippen LogP contribution in [0.25, 0.3) is 0 Å². The standard InChI is InChI=1S/C18H22N4O/c1-22(11-14-10-17(21-20-14)13-8-9-13)18(23)19-16-7-3-5-12-4-2-6-15(12)16/h3,5,7,10,13H,2,4,6,8-9,11H2,1H3,(H,19,23)(H,20,21). The van der Waals surface area contributed by atoms with Gasteiger partial charge < -0.3 is 10.2 Å². The van der Waals surface area contributed by atoms with Gasteiger partial charge in [0.15, 0.2) is 0 Å². The molecule has 1 aromatic heterocycles. The smallest absolute Gasteiger partial charge is 0.321 e. The molecule has 120 valence electrons. The molecule has 1 fully saturated rings. The summed E-state index contributed by atoms with van der Waals surface area (Å²) in [7, 11) is 1.82. The number of nitrogens with one attached hydrogen (secondary N) is 2. The highest BCUT2D eigenvalue weighted by atomic mass is 16.2. The first-order chi connectivity index (χ1) is 11.2. The number of H-pyrrole nitrogens is 1. The predicted molar refractivity (Wildman–Crippen MR) is 89.5 cm³/mol. The zero-order chi connectivity index (χ0) is 15.8. The van der Waals surface area contributed by atoms with Crippen molar-refractivity contribution in [3.05, 3.63) is 46.8 Å². The topological polar surface area (TPSA) is 61.0 Å². The van der Waals surface area contributed by atoms with Crippen molar-refractivity contribution in [3.8, 4) is 0 Å². The lowest BCUT2D eigenvalue weighted by molar-refractivity contribution is 0.220. The normalized spacial score (nSPS) is 16.2. The molecule has 4 rings (SSSR count). The van der Waals surface area contributed by atoms with Gasteiger partial charge in [0.05, 0.1) is 17.9 Å². The van der Waals surface area contributed by atoms with Gasteiger partial charge in [-0.15, -0.1) is 0 Å². The molecular formula is C18H22N4O. The monoisotopic (exact) mass is 310 g/mol. The average molecular weight is 310 g/mol. The molecule has 0 unspecified atom stereocenters. The molecule has 0 aliphatic heterocycles. The zero-order valence-electron chi connectivity index (χ0n) is 13.4. The van der Waals surface area contributed by atoms with Gasteiger partial charge in [-0.3, -0.25) is 5.10 Å². The molecule has 2 N–H and O–H groups in total. The lowest BCUT2D eigenvalue weighted by atomic mass is 10.1. The van der Waals surface area contributed by atoms with Gasteiger partial charge in [0.2, 0.25) is 0 Å². The fraction of sp³-hybridized carbons (Fsp3) is 0.444. The lowest BCUT2D eigenvalue weighted by Gasteiger charge is -2.18. The number of carbonyl (C=O) groups excluding carboxylic acids is 1. The summed E-state index contributed by atoms with van der Waals surface area (Å²) in [6.45, 7) is 0.542. The third-order valence-corrected chi connectivity index (χ3v) is 4.79. The van der Waals surface area contributed by atoms with Gasteiger partial charge >= 0.3 is 6.03 Å². The van der Waals surface area contributed by atoms with E-state index in [2.05, 4.69) is 27.6 Å². The fourth-order valence-corrected chi connectivity index (χ4v) is 3.32. The summed E-state index contributed by atoms with van der Waals surface area (Å²) >= 11 is 0. The molecule has 0 radical (unpaired) electrons. The molecule has 1 aromatic carbocycles. The molecule has 2 aliphatic rings. The maximum atomic E-state index is 12.5. The molecule has 1 saturated carbocycles. The van der Waals surface area contributed by atoms with E-state index >= 15 is 0 Å². The summed E-state index contributed by atoms with van der Waals surface area (Å²) in [6.07, 6.45) is 5.82. The Hall–Kier alpha value is -2.30. The van der Waals surface area contributed by atoms with Gasteiger partial charge in [-0.25, -0.2) is 4.79 Å². The molecule has 2 aliphatic carbocycles. The number of aromatic amines is 1. The quantitative estimate of drug-likeness (QED) is 0.908. The van der Waals surface area contributed by atoms with Crippen molar-refractivity contribution in [3.63, 3.8) is 0 Å². The molecule has 0 bridgehead atoms. The molecule has 5 heteroatoms. The molecule has 0 atom stereocenters. The summed E-state index contributed by atoms with van der Waals surface area (Å²) in [5.74, 6) is 0.631. The number of fused-ring (bicyclic) bond motifs is 1. The molecule has 2 aromatic rings. The van der Waals surface area contributed by atoms with Crippen LogP contribution in [-0.2, 0) is 19.4 Å². The number of rotatable bonds is 4. The number of nitrogens with zero attached hydrogens (tertiary/aromatic N) is 2. The molecular weight excluding hydrogens is 288 g/mol. The van der Waals surface area contributed by atoms with Crippen LogP contribution in [0.15, 0.2) is 24.3 Å². The van der Waals surface area contributed by atoms with Crippen LogP contribution in [0.1, 0.15) is 47.7 Å². The number of amides is 2. The number of urea groups is 1. The minimum atomic E-state index is -0.0760. The van der Waals surface area contributed by atoms with E-state index < -0.39 is 0 Å². The predicted octanol–water partition coefficient (Wildman–Crippen LogP) is 3.44. The van der Waals surface area contributed by atoms with Crippen LogP contribution in [0, 0.1) is 0 Å². The zero-order valence-corrected chi connectivity index (χ0v) is 13.4. The number of hydrogen-bond donors (Lipinski definition) is 2. The van der Waals surface area contributed by atoms with Crippen LogP contribution in [0.3, 0.4) is 0 Å². The highest BCUT2D eigenvalue weighted by Crippen LogP contribution is 2.39. The third kappa shape index (κ3) is 2.96. The Morgan fingerprint density at radius 3 is 3.09 bits per heavy atom. The van der Waals surface area contributed by atoms with Crippen molar-refractivity contribution in [1.29, 1.82) is 0 Å². The Labute approximate surface area is 136 Å². The van der Waals surface area contributed by atoms with Crippen molar-refractivity contribution < 1.29 is 4.79 Å². The summed E-state index contributed by atoms with van der Waals surface area (Å²) in [4.78, 5) is 14.1. The minimum Gasteiger partial charge on any atom is -0.322 e. The number of benzene rings is 1. The largest absolute Gasteiger partial charge is 0.322 e. The van der Waals surface area contributed by atoms with E-state index in [4.69, 9.17) is 0 Å². The molecule has 2 amide bonds. The van der Waals surface area contributed by atoms with E-state index in [1.54, 1.807) is 4.90 Å². The van der Waals surface area contributed by atoms with E-state index in [9.17, 15) is 4.79 Å². The van der Waals surface area contributed by atoms with Gasteiger partial charge in [-0.2, -0.15) is 5.10 Å². The van der Waals surface area contributed by atoms with Crippen molar-refractivity contribution in [2.24, 2.45) is 0 Å². The Bertz CT molecular complexity index is 732. The number of carbonyl (C=O) groups is 1. The first-order valence-electron chi connectivity index (χ1n) is 8.38. The summed E-state index contributed by atoms with van der Waals surface area (Å²) in [5.41, 5.74) is 5.75. The van der Waals surface area contributed by atoms with E-state index in [0.29, 0.717) is 12.5 Å². The maximum absolute atomic E-state index is 12.5. The molecule has 0 spiro atoms. The molecule has 23 heavy (non-hydrogen) atoms. The number of anilines is 1. The Balaban J connectivity index is 1.41. The summed E-state index contributed by atoms with van der Waals surface area (Å²) in [6, 6.07) is 8.19. The van der Waals surface area contributed by atoms with E-state index in [1.807, 2.05) is 19.2 Å². The first kappa shape index (κ1) is 14.3.